The first-order chi connectivity index (χ1) is 14.6. The molecule has 2 aromatic carbocycles. The number of hydrogen-bond acceptors (Lipinski definition) is 5. The summed E-state index contributed by atoms with van der Waals surface area (Å²) < 4.78 is 0. The van der Waals surface area contributed by atoms with Gasteiger partial charge in [0.15, 0.2) is 5.11 Å². The molecule has 8 heteroatoms. The SMILES string of the molecule is O=C(NNC(=S)NC(=O)c1cc(-c2ccccc2)nc2ccccc12)c1cccs1. The average molecular weight is 433 g/mol. The van der Waals surface area contributed by atoms with Crippen molar-refractivity contribution in [1.29, 1.82) is 0 Å². The fourth-order valence-electron chi connectivity index (χ4n) is 2.90. The molecule has 148 valence electrons. The Morgan fingerprint density at radius 1 is 0.867 bits per heavy atom. The zero-order valence-corrected chi connectivity index (χ0v) is 17.2. The summed E-state index contributed by atoms with van der Waals surface area (Å²) in [6.07, 6.45) is 0. The second kappa shape index (κ2) is 8.81. The van der Waals surface area contributed by atoms with E-state index in [0.29, 0.717) is 27.0 Å². The summed E-state index contributed by atoms with van der Waals surface area (Å²) in [5.74, 6) is -0.726. The molecule has 0 aliphatic heterocycles. The van der Waals surface area contributed by atoms with Gasteiger partial charge in [-0.3, -0.25) is 25.8 Å². The number of carbonyl (C=O) groups excluding carboxylic acids is 2. The number of aromatic nitrogens is 1. The minimum Gasteiger partial charge on any atom is -0.298 e. The molecule has 0 atom stereocenters. The number of thiocarbonyl (C=S) groups is 1. The summed E-state index contributed by atoms with van der Waals surface area (Å²) in [7, 11) is 0. The minimum atomic E-state index is -0.395. The molecule has 2 aromatic heterocycles. The van der Waals surface area contributed by atoms with Gasteiger partial charge in [-0.25, -0.2) is 4.98 Å². The predicted octanol–water partition coefficient (Wildman–Crippen LogP) is 3.91. The fraction of sp³-hybridized carbons (Fsp3) is 0. The number of rotatable bonds is 3. The molecular formula is C22H16N4O2S2. The van der Waals surface area contributed by atoms with Crippen molar-refractivity contribution in [1.82, 2.24) is 21.2 Å². The van der Waals surface area contributed by atoms with E-state index >= 15 is 0 Å². The molecule has 0 unspecified atom stereocenters. The van der Waals surface area contributed by atoms with Crippen LogP contribution in [0.2, 0.25) is 0 Å². The number of benzene rings is 2. The van der Waals surface area contributed by atoms with Gasteiger partial charge in [0.1, 0.15) is 0 Å². The van der Waals surface area contributed by atoms with Crippen LogP contribution >= 0.6 is 23.6 Å². The Bertz CT molecular complexity index is 1220. The Labute approximate surface area is 181 Å². The molecule has 30 heavy (non-hydrogen) atoms. The van der Waals surface area contributed by atoms with Gasteiger partial charge in [-0.05, 0) is 35.8 Å². The smallest absolute Gasteiger partial charge is 0.279 e. The molecule has 0 spiro atoms. The number of fused-ring (bicyclic) bond motifs is 1. The standard InChI is InChI=1S/C22H16N4O2S2/c27-20(24-22(29)26-25-21(28)19-11-6-12-30-19)16-13-18(14-7-2-1-3-8-14)23-17-10-5-4-9-15(16)17/h1-13H,(H,25,28)(H2,24,26,27,29). The van der Waals surface area contributed by atoms with E-state index in [1.807, 2.05) is 54.6 Å². The van der Waals surface area contributed by atoms with Crippen molar-refractivity contribution < 1.29 is 9.59 Å². The molecule has 3 N–H and O–H groups in total. The molecule has 2 amide bonds. The number of pyridine rings is 1. The van der Waals surface area contributed by atoms with Crippen LogP contribution in [0.3, 0.4) is 0 Å². The van der Waals surface area contributed by atoms with E-state index in [2.05, 4.69) is 21.2 Å². The number of hydrazine groups is 1. The summed E-state index contributed by atoms with van der Waals surface area (Å²) in [5, 5.41) is 5.11. The highest BCUT2D eigenvalue weighted by atomic mass is 32.1. The van der Waals surface area contributed by atoms with Crippen LogP contribution in [0.15, 0.2) is 78.2 Å². The van der Waals surface area contributed by atoms with Crippen LogP contribution in [0.1, 0.15) is 20.0 Å². The summed E-state index contributed by atoms with van der Waals surface area (Å²) in [6.45, 7) is 0. The normalized spacial score (nSPS) is 10.4. The summed E-state index contributed by atoms with van der Waals surface area (Å²) in [4.78, 5) is 30.2. The molecule has 0 aliphatic rings. The summed E-state index contributed by atoms with van der Waals surface area (Å²) >= 11 is 6.46. The van der Waals surface area contributed by atoms with Crippen molar-refractivity contribution in [3.63, 3.8) is 0 Å². The molecule has 0 saturated heterocycles. The number of nitrogens with zero attached hydrogens (tertiary/aromatic N) is 1. The third-order valence-corrected chi connectivity index (χ3v) is 5.36. The van der Waals surface area contributed by atoms with Crippen molar-refractivity contribution in [3.8, 4) is 11.3 Å². The topological polar surface area (TPSA) is 83.1 Å². The minimum absolute atomic E-state index is 0.00735. The second-order valence-corrected chi connectivity index (χ2v) is 7.63. The molecule has 6 nitrogen and oxygen atoms in total. The average Bonchev–Trinajstić information content (AvgIpc) is 3.32. The second-order valence-electron chi connectivity index (χ2n) is 6.28. The van der Waals surface area contributed by atoms with E-state index in [1.54, 1.807) is 23.6 Å². The maximum atomic E-state index is 12.9. The van der Waals surface area contributed by atoms with Gasteiger partial charge in [-0.15, -0.1) is 11.3 Å². The van der Waals surface area contributed by atoms with Gasteiger partial charge < -0.3 is 0 Å². The highest BCUT2D eigenvalue weighted by Crippen LogP contribution is 2.24. The van der Waals surface area contributed by atoms with Crippen molar-refractivity contribution >= 4 is 51.4 Å². The number of carbonyl (C=O) groups is 2. The molecule has 0 fully saturated rings. The van der Waals surface area contributed by atoms with E-state index in [-0.39, 0.29) is 11.0 Å². The molecule has 0 saturated carbocycles. The lowest BCUT2D eigenvalue weighted by Gasteiger charge is -2.12. The van der Waals surface area contributed by atoms with Crippen LogP contribution in [-0.2, 0) is 0 Å². The van der Waals surface area contributed by atoms with Gasteiger partial charge in [-0.1, -0.05) is 54.6 Å². The van der Waals surface area contributed by atoms with Crippen molar-refractivity contribution in [2.24, 2.45) is 0 Å². The largest absolute Gasteiger partial charge is 0.298 e. The summed E-state index contributed by atoms with van der Waals surface area (Å²) in [6, 6.07) is 22.2. The molecule has 0 radical (unpaired) electrons. The van der Waals surface area contributed by atoms with E-state index in [4.69, 9.17) is 12.2 Å². The first kappa shape index (κ1) is 19.7. The molecule has 2 heterocycles. The van der Waals surface area contributed by atoms with Crippen LogP contribution in [0.4, 0.5) is 0 Å². The number of nitrogens with one attached hydrogen (secondary N) is 3. The van der Waals surface area contributed by atoms with Crippen LogP contribution in [0, 0.1) is 0 Å². The van der Waals surface area contributed by atoms with E-state index < -0.39 is 5.91 Å². The van der Waals surface area contributed by atoms with Gasteiger partial charge in [0, 0.05) is 10.9 Å². The Kier molecular flexibility index (Phi) is 5.78. The van der Waals surface area contributed by atoms with Gasteiger partial charge in [0.05, 0.1) is 21.7 Å². The molecule has 4 aromatic rings. The quantitative estimate of drug-likeness (QED) is 0.338. The Morgan fingerprint density at radius 3 is 2.40 bits per heavy atom. The van der Waals surface area contributed by atoms with Gasteiger partial charge in [0.2, 0.25) is 0 Å². The van der Waals surface area contributed by atoms with Crippen molar-refractivity contribution in [2.45, 2.75) is 0 Å². The van der Waals surface area contributed by atoms with Crippen LogP contribution in [0.25, 0.3) is 22.2 Å². The lowest BCUT2D eigenvalue weighted by atomic mass is 10.0. The Balaban J connectivity index is 1.55. The lowest BCUT2D eigenvalue weighted by molar-refractivity contribution is 0.0938. The Hall–Kier alpha value is -3.62. The lowest BCUT2D eigenvalue weighted by Crippen LogP contribution is -2.48. The zero-order valence-electron chi connectivity index (χ0n) is 15.6. The monoisotopic (exact) mass is 432 g/mol. The number of para-hydroxylation sites is 1. The molecule has 4 rings (SSSR count). The van der Waals surface area contributed by atoms with Crippen LogP contribution in [0.5, 0.6) is 0 Å². The van der Waals surface area contributed by atoms with E-state index in [1.165, 1.54) is 11.3 Å². The van der Waals surface area contributed by atoms with Gasteiger partial charge in [0.25, 0.3) is 11.8 Å². The van der Waals surface area contributed by atoms with Crippen LogP contribution < -0.4 is 16.2 Å². The van der Waals surface area contributed by atoms with E-state index in [9.17, 15) is 9.59 Å². The molecule has 0 aliphatic carbocycles. The number of thiophene rings is 1. The van der Waals surface area contributed by atoms with Gasteiger partial charge >= 0.3 is 0 Å². The zero-order chi connectivity index (χ0) is 20.9. The third-order valence-electron chi connectivity index (χ3n) is 4.29. The van der Waals surface area contributed by atoms with Gasteiger partial charge in [-0.2, -0.15) is 0 Å². The predicted molar refractivity (Wildman–Crippen MR) is 122 cm³/mol. The fourth-order valence-corrected chi connectivity index (χ4v) is 3.67. The highest BCUT2D eigenvalue weighted by Gasteiger charge is 2.15. The Morgan fingerprint density at radius 2 is 1.63 bits per heavy atom. The maximum absolute atomic E-state index is 12.9. The maximum Gasteiger partial charge on any atom is 0.279 e. The number of hydrogen-bond donors (Lipinski definition) is 3. The first-order valence-electron chi connectivity index (χ1n) is 9.02. The molecular weight excluding hydrogens is 416 g/mol. The molecule has 0 bridgehead atoms. The van der Waals surface area contributed by atoms with Crippen molar-refractivity contribution in [2.75, 3.05) is 0 Å². The first-order valence-corrected chi connectivity index (χ1v) is 10.3. The summed E-state index contributed by atoms with van der Waals surface area (Å²) in [5.41, 5.74) is 7.76. The van der Waals surface area contributed by atoms with E-state index in [0.717, 1.165) is 5.56 Å². The van der Waals surface area contributed by atoms with Crippen molar-refractivity contribution in [3.05, 3.63) is 88.6 Å². The number of amides is 2. The highest BCUT2D eigenvalue weighted by molar-refractivity contribution is 7.80. The van der Waals surface area contributed by atoms with Crippen LogP contribution in [-0.4, -0.2) is 21.9 Å². The third kappa shape index (κ3) is 4.35.